The number of phenolic OH excluding ortho intramolecular Hbond substituents is 1. The van der Waals surface area contributed by atoms with Gasteiger partial charge in [-0.2, -0.15) is 5.26 Å². The van der Waals surface area contributed by atoms with Crippen molar-refractivity contribution >= 4 is 16.6 Å². The predicted molar refractivity (Wildman–Crippen MR) is 106 cm³/mol. The summed E-state index contributed by atoms with van der Waals surface area (Å²) in [5, 5.41) is 37.1. The van der Waals surface area contributed by atoms with Crippen LogP contribution in [0.1, 0.15) is 24.0 Å². The molecule has 27 heavy (non-hydrogen) atoms. The molecule has 2 aromatic carbocycles. The van der Waals surface area contributed by atoms with Gasteiger partial charge in [-0.3, -0.25) is 0 Å². The van der Waals surface area contributed by atoms with Gasteiger partial charge in [-0.05, 0) is 50.6 Å². The number of nitriles is 1. The molecule has 0 bridgehead atoms. The van der Waals surface area contributed by atoms with E-state index in [2.05, 4.69) is 26.9 Å². The van der Waals surface area contributed by atoms with Crippen LogP contribution >= 0.6 is 0 Å². The lowest BCUT2D eigenvalue weighted by Gasteiger charge is -2.25. The average molecular weight is 359 g/mol. The van der Waals surface area contributed by atoms with Gasteiger partial charge in [0.05, 0.1) is 11.6 Å². The van der Waals surface area contributed by atoms with Crippen molar-refractivity contribution < 1.29 is 5.11 Å². The minimum atomic E-state index is 0.0300. The van der Waals surface area contributed by atoms with Crippen LogP contribution in [0.25, 0.3) is 22.0 Å². The summed E-state index contributed by atoms with van der Waals surface area (Å²) < 4.78 is 0. The summed E-state index contributed by atoms with van der Waals surface area (Å²) in [4.78, 5) is 0. The molecule has 0 saturated carbocycles. The van der Waals surface area contributed by atoms with Gasteiger partial charge < -0.3 is 15.7 Å². The van der Waals surface area contributed by atoms with E-state index in [1.54, 1.807) is 12.1 Å². The topological polar surface area (TPSA) is 93.9 Å². The van der Waals surface area contributed by atoms with Crippen LogP contribution in [-0.4, -0.2) is 34.4 Å². The molecular formula is C21H21N5O. The van der Waals surface area contributed by atoms with Crippen LogP contribution in [0.3, 0.4) is 0 Å². The highest BCUT2D eigenvalue weighted by Gasteiger charge is 2.18. The second-order valence-corrected chi connectivity index (χ2v) is 6.98. The highest BCUT2D eigenvalue weighted by molar-refractivity contribution is 6.01. The number of aromatic hydroxyl groups is 1. The summed E-state index contributed by atoms with van der Waals surface area (Å²) in [7, 11) is 0. The van der Waals surface area contributed by atoms with E-state index in [9.17, 15) is 5.11 Å². The Labute approximate surface area is 157 Å². The van der Waals surface area contributed by atoms with Crippen molar-refractivity contribution in [2.45, 2.75) is 25.8 Å². The largest absolute Gasteiger partial charge is 0.507 e. The zero-order chi connectivity index (χ0) is 18.8. The highest BCUT2D eigenvalue weighted by atomic mass is 16.3. The van der Waals surface area contributed by atoms with Crippen molar-refractivity contribution in [2.75, 3.05) is 18.4 Å². The number of hydrogen-bond acceptors (Lipinski definition) is 6. The molecule has 1 fully saturated rings. The standard InChI is InChI=1S/C21H21N5O/c1-13-4-6-16-18(9-13)21(24-15-3-2-8-23-12-15)26-25-20(16)17-7-5-14(11-22)10-19(17)27/h4-7,9-10,15,23,27H,2-3,8,12H2,1H3,(H,24,26). The zero-order valence-electron chi connectivity index (χ0n) is 15.2. The van der Waals surface area contributed by atoms with Crippen molar-refractivity contribution in [2.24, 2.45) is 0 Å². The summed E-state index contributed by atoms with van der Waals surface area (Å²) in [6.07, 6.45) is 2.24. The summed E-state index contributed by atoms with van der Waals surface area (Å²) >= 11 is 0. The molecule has 1 aliphatic rings. The van der Waals surface area contributed by atoms with Crippen molar-refractivity contribution in [3.05, 3.63) is 47.5 Å². The predicted octanol–water partition coefficient (Wildman–Crippen LogP) is 3.35. The van der Waals surface area contributed by atoms with E-state index in [1.807, 2.05) is 25.1 Å². The minimum absolute atomic E-state index is 0.0300. The smallest absolute Gasteiger partial charge is 0.156 e. The fourth-order valence-corrected chi connectivity index (χ4v) is 3.54. The third-order valence-corrected chi connectivity index (χ3v) is 4.95. The van der Waals surface area contributed by atoms with Crippen LogP contribution in [0.15, 0.2) is 36.4 Å². The van der Waals surface area contributed by atoms with Gasteiger partial charge >= 0.3 is 0 Å². The monoisotopic (exact) mass is 359 g/mol. The number of nitrogens with zero attached hydrogens (tertiary/aromatic N) is 3. The summed E-state index contributed by atoms with van der Waals surface area (Å²) in [5.41, 5.74) is 2.73. The number of rotatable bonds is 3. The number of nitrogens with one attached hydrogen (secondary N) is 2. The average Bonchev–Trinajstić information content (AvgIpc) is 2.69. The minimum Gasteiger partial charge on any atom is -0.507 e. The van der Waals surface area contributed by atoms with Crippen molar-refractivity contribution in [1.29, 1.82) is 5.26 Å². The molecule has 0 amide bonds. The van der Waals surface area contributed by atoms with E-state index in [4.69, 9.17) is 5.26 Å². The Hall–Kier alpha value is -3.17. The third kappa shape index (κ3) is 3.42. The number of fused-ring (bicyclic) bond motifs is 1. The second-order valence-electron chi connectivity index (χ2n) is 6.98. The Morgan fingerprint density at radius 2 is 2.07 bits per heavy atom. The molecule has 6 heteroatoms. The van der Waals surface area contributed by atoms with E-state index in [1.165, 1.54) is 6.07 Å². The highest BCUT2D eigenvalue weighted by Crippen LogP contribution is 2.35. The third-order valence-electron chi connectivity index (χ3n) is 4.95. The van der Waals surface area contributed by atoms with E-state index in [0.717, 1.165) is 48.1 Å². The zero-order valence-corrected chi connectivity index (χ0v) is 15.2. The summed E-state index contributed by atoms with van der Waals surface area (Å²) in [6, 6.07) is 13.3. The Morgan fingerprint density at radius 1 is 1.19 bits per heavy atom. The first-order valence-corrected chi connectivity index (χ1v) is 9.13. The van der Waals surface area contributed by atoms with E-state index in [0.29, 0.717) is 22.9 Å². The van der Waals surface area contributed by atoms with Crippen molar-refractivity contribution in [3.8, 4) is 23.1 Å². The van der Waals surface area contributed by atoms with E-state index < -0.39 is 0 Å². The van der Waals surface area contributed by atoms with Crippen molar-refractivity contribution in [3.63, 3.8) is 0 Å². The lowest BCUT2D eigenvalue weighted by atomic mass is 10.0. The Bertz CT molecular complexity index is 1030. The molecule has 0 radical (unpaired) electrons. The number of piperidine rings is 1. The lowest BCUT2D eigenvalue weighted by Crippen LogP contribution is -2.38. The maximum absolute atomic E-state index is 10.4. The van der Waals surface area contributed by atoms with Gasteiger partial charge in [0.1, 0.15) is 11.4 Å². The van der Waals surface area contributed by atoms with Gasteiger partial charge in [-0.1, -0.05) is 17.7 Å². The van der Waals surface area contributed by atoms with Crippen LogP contribution in [-0.2, 0) is 0 Å². The van der Waals surface area contributed by atoms with Crippen molar-refractivity contribution in [1.82, 2.24) is 15.5 Å². The second kappa shape index (κ2) is 7.22. The quantitative estimate of drug-likeness (QED) is 0.664. The van der Waals surface area contributed by atoms with Crippen LogP contribution < -0.4 is 10.6 Å². The van der Waals surface area contributed by atoms with Crippen LogP contribution in [0, 0.1) is 18.3 Å². The molecular weight excluding hydrogens is 338 g/mol. The first-order chi connectivity index (χ1) is 13.2. The number of anilines is 1. The maximum Gasteiger partial charge on any atom is 0.156 e. The van der Waals surface area contributed by atoms with E-state index in [-0.39, 0.29) is 5.75 Å². The molecule has 3 N–H and O–H groups in total. The molecule has 1 saturated heterocycles. The molecule has 1 aromatic heterocycles. The SMILES string of the molecule is Cc1ccc2c(-c3ccc(C#N)cc3O)nnc(NC3CCCNC3)c2c1. The fraction of sp³-hybridized carbons (Fsp3) is 0.286. The van der Waals surface area contributed by atoms with Gasteiger partial charge in [-0.25, -0.2) is 0 Å². The Morgan fingerprint density at radius 3 is 2.81 bits per heavy atom. The number of phenols is 1. The van der Waals surface area contributed by atoms with Gasteiger partial charge in [0, 0.05) is 28.9 Å². The molecule has 2 heterocycles. The maximum atomic E-state index is 10.4. The van der Waals surface area contributed by atoms with Crippen LogP contribution in [0.5, 0.6) is 5.75 Å². The molecule has 136 valence electrons. The molecule has 4 rings (SSSR count). The fourth-order valence-electron chi connectivity index (χ4n) is 3.54. The molecule has 0 spiro atoms. The normalized spacial score (nSPS) is 16.8. The first kappa shape index (κ1) is 17.3. The summed E-state index contributed by atoms with van der Waals surface area (Å²) in [5.74, 6) is 0.793. The molecule has 6 nitrogen and oxygen atoms in total. The number of benzene rings is 2. The number of hydrogen-bond donors (Lipinski definition) is 3. The Kier molecular flexibility index (Phi) is 4.61. The van der Waals surface area contributed by atoms with Gasteiger partial charge in [0.25, 0.3) is 0 Å². The number of aryl methyl sites for hydroxylation is 1. The Balaban J connectivity index is 1.82. The van der Waals surface area contributed by atoms with Crippen LogP contribution in [0.2, 0.25) is 0 Å². The molecule has 1 atom stereocenters. The molecule has 0 aliphatic carbocycles. The molecule has 1 aliphatic heterocycles. The van der Waals surface area contributed by atoms with E-state index >= 15 is 0 Å². The molecule has 3 aromatic rings. The van der Waals surface area contributed by atoms with Gasteiger partial charge in [0.2, 0.25) is 0 Å². The first-order valence-electron chi connectivity index (χ1n) is 9.13. The molecule has 1 unspecified atom stereocenters. The summed E-state index contributed by atoms with van der Waals surface area (Å²) in [6.45, 7) is 4.01. The number of aromatic nitrogens is 2. The van der Waals surface area contributed by atoms with Gasteiger partial charge in [-0.15, -0.1) is 10.2 Å². The lowest BCUT2D eigenvalue weighted by molar-refractivity contribution is 0.476. The van der Waals surface area contributed by atoms with Gasteiger partial charge in [0.15, 0.2) is 5.82 Å². The van der Waals surface area contributed by atoms with Crippen LogP contribution in [0.4, 0.5) is 5.82 Å².